The maximum atomic E-state index is 12.2. The highest BCUT2D eigenvalue weighted by Gasteiger charge is 2.16. The van der Waals surface area contributed by atoms with E-state index in [1.807, 2.05) is 24.0 Å². The lowest BCUT2D eigenvalue weighted by molar-refractivity contribution is -0.131. The molecular formula is C14H17N3OS. The number of aromatic nitrogens is 1. The molecule has 0 unspecified atom stereocenters. The molecule has 3 rings (SSSR count). The van der Waals surface area contributed by atoms with Crippen LogP contribution in [0.2, 0.25) is 0 Å². The number of fused-ring (bicyclic) bond motifs is 1. The fourth-order valence-corrected chi connectivity index (χ4v) is 3.21. The van der Waals surface area contributed by atoms with E-state index in [-0.39, 0.29) is 5.91 Å². The van der Waals surface area contributed by atoms with Gasteiger partial charge < -0.3 is 10.2 Å². The summed E-state index contributed by atoms with van der Waals surface area (Å²) >= 11 is 1.69. The standard InChI is InChI=1S/C14H17N3OS/c1-10-16-12-8-11(2-3-13(12)19-10)9-14(18)17-6-4-15-5-7-17/h2-3,8,15H,4-7,9H2,1H3. The molecule has 0 aliphatic carbocycles. The molecule has 0 radical (unpaired) electrons. The molecule has 1 aromatic heterocycles. The molecule has 1 N–H and O–H groups in total. The molecule has 0 atom stereocenters. The quantitative estimate of drug-likeness (QED) is 0.905. The molecule has 19 heavy (non-hydrogen) atoms. The van der Waals surface area contributed by atoms with Crippen LogP contribution in [0, 0.1) is 6.92 Å². The van der Waals surface area contributed by atoms with Crippen molar-refractivity contribution in [3.63, 3.8) is 0 Å². The lowest BCUT2D eigenvalue weighted by Crippen LogP contribution is -2.46. The Morgan fingerprint density at radius 1 is 1.42 bits per heavy atom. The van der Waals surface area contributed by atoms with Gasteiger partial charge in [-0.25, -0.2) is 4.98 Å². The molecule has 0 saturated carbocycles. The van der Waals surface area contributed by atoms with E-state index >= 15 is 0 Å². The molecule has 0 spiro atoms. The predicted octanol–water partition coefficient (Wildman–Crippen LogP) is 1.58. The fourth-order valence-electron chi connectivity index (χ4n) is 2.40. The molecule has 1 aromatic carbocycles. The summed E-state index contributed by atoms with van der Waals surface area (Å²) in [5, 5.41) is 4.33. The van der Waals surface area contributed by atoms with Crippen LogP contribution < -0.4 is 5.32 Å². The van der Waals surface area contributed by atoms with Crippen molar-refractivity contribution in [1.29, 1.82) is 0 Å². The van der Waals surface area contributed by atoms with Crippen molar-refractivity contribution in [3.8, 4) is 0 Å². The number of aryl methyl sites for hydroxylation is 1. The third-order valence-corrected chi connectivity index (χ3v) is 4.34. The number of hydrogen-bond acceptors (Lipinski definition) is 4. The molecule has 5 heteroatoms. The first-order valence-corrected chi connectivity index (χ1v) is 7.38. The van der Waals surface area contributed by atoms with Crippen molar-refractivity contribution in [1.82, 2.24) is 15.2 Å². The van der Waals surface area contributed by atoms with Crippen LogP contribution in [0.3, 0.4) is 0 Å². The summed E-state index contributed by atoms with van der Waals surface area (Å²) in [7, 11) is 0. The maximum absolute atomic E-state index is 12.2. The average Bonchev–Trinajstić information content (AvgIpc) is 2.79. The molecule has 1 aliphatic rings. The zero-order valence-corrected chi connectivity index (χ0v) is 11.8. The SMILES string of the molecule is Cc1nc2cc(CC(=O)N3CCNCC3)ccc2s1. The number of benzene rings is 1. The molecule has 1 saturated heterocycles. The number of carbonyl (C=O) groups excluding carboxylic acids is 1. The maximum Gasteiger partial charge on any atom is 0.227 e. The summed E-state index contributed by atoms with van der Waals surface area (Å²) < 4.78 is 1.19. The largest absolute Gasteiger partial charge is 0.340 e. The van der Waals surface area contributed by atoms with Crippen LogP contribution in [0.5, 0.6) is 0 Å². The van der Waals surface area contributed by atoms with E-state index in [9.17, 15) is 4.79 Å². The van der Waals surface area contributed by atoms with Gasteiger partial charge in [0.2, 0.25) is 5.91 Å². The minimum absolute atomic E-state index is 0.216. The van der Waals surface area contributed by atoms with Crippen LogP contribution in [0.25, 0.3) is 10.2 Å². The number of nitrogens with one attached hydrogen (secondary N) is 1. The minimum Gasteiger partial charge on any atom is -0.340 e. The van der Waals surface area contributed by atoms with Gasteiger partial charge in [0.15, 0.2) is 0 Å². The van der Waals surface area contributed by atoms with Crippen LogP contribution in [0.4, 0.5) is 0 Å². The van der Waals surface area contributed by atoms with Gasteiger partial charge in [0.25, 0.3) is 0 Å². The Labute approximate surface area is 116 Å². The second-order valence-electron chi connectivity index (χ2n) is 4.84. The number of nitrogens with zero attached hydrogens (tertiary/aromatic N) is 2. The van der Waals surface area contributed by atoms with E-state index in [1.54, 1.807) is 11.3 Å². The Balaban J connectivity index is 1.74. The Morgan fingerprint density at radius 3 is 3.00 bits per heavy atom. The van der Waals surface area contributed by atoms with Crippen molar-refractivity contribution in [2.75, 3.05) is 26.2 Å². The number of rotatable bonds is 2. The third-order valence-electron chi connectivity index (χ3n) is 3.38. The van der Waals surface area contributed by atoms with E-state index in [1.165, 1.54) is 4.70 Å². The fraction of sp³-hybridized carbons (Fsp3) is 0.429. The molecule has 1 amide bonds. The highest BCUT2D eigenvalue weighted by atomic mass is 32.1. The first-order valence-electron chi connectivity index (χ1n) is 6.57. The Bertz CT molecular complexity index is 602. The third kappa shape index (κ3) is 2.77. The van der Waals surface area contributed by atoms with Gasteiger partial charge in [-0.05, 0) is 24.6 Å². The summed E-state index contributed by atoms with van der Waals surface area (Å²) in [6.45, 7) is 5.44. The highest BCUT2D eigenvalue weighted by Crippen LogP contribution is 2.22. The summed E-state index contributed by atoms with van der Waals surface area (Å²) in [6, 6.07) is 6.15. The van der Waals surface area contributed by atoms with Gasteiger partial charge >= 0.3 is 0 Å². The molecule has 4 nitrogen and oxygen atoms in total. The van der Waals surface area contributed by atoms with E-state index in [0.29, 0.717) is 6.42 Å². The van der Waals surface area contributed by atoms with Gasteiger partial charge in [0.1, 0.15) is 0 Å². The molecule has 2 heterocycles. The van der Waals surface area contributed by atoms with E-state index in [0.717, 1.165) is 42.3 Å². The lowest BCUT2D eigenvalue weighted by atomic mass is 10.1. The van der Waals surface area contributed by atoms with Crippen LogP contribution in [-0.4, -0.2) is 42.0 Å². The van der Waals surface area contributed by atoms with Crippen molar-refractivity contribution in [3.05, 3.63) is 28.8 Å². The van der Waals surface area contributed by atoms with Crippen molar-refractivity contribution < 1.29 is 4.79 Å². The Morgan fingerprint density at radius 2 is 2.21 bits per heavy atom. The highest BCUT2D eigenvalue weighted by molar-refractivity contribution is 7.18. The Hall–Kier alpha value is -1.46. The monoisotopic (exact) mass is 275 g/mol. The van der Waals surface area contributed by atoms with Gasteiger partial charge in [-0.2, -0.15) is 0 Å². The van der Waals surface area contributed by atoms with Crippen molar-refractivity contribution >= 4 is 27.5 Å². The summed E-state index contributed by atoms with van der Waals surface area (Å²) in [5.74, 6) is 0.216. The summed E-state index contributed by atoms with van der Waals surface area (Å²) in [5.41, 5.74) is 2.06. The summed E-state index contributed by atoms with van der Waals surface area (Å²) in [4.78, 5) is 18.6. The van der Waals surface area contributed by atoms with Gasteiger partial charge in [0, 0.05) is 26.2 Å². The topological polar surface area (TPSA) is 45.2 Å². The van der Waals surface area contributed by atoms with Crippen LogP contribution >= 0.6 is 11.3 Å². The van der Waals surface area contributed by atoms with Crippen molar-refractivity contribution in [2.24, 2.45) is 0 Å². The Kier molecular flexibility index (Phi) is 3.48. The second-order valence-corrected chi connectivity index (χ2v) is 6.08. The van der Waals surface area contributed by atoms with Gasteiger partial charge in [-0.15, -0.1) is 11.3 Å². The van der Waals surface area contributed by atoms with Gasteiger partial charge in [-0.3, -0.25) is 4.79 Å². The lowest BCUT2D eigenvalue weighted by Gasteiger charge is -2.27. The first kappa shape index (κ1) is 12.6. The van der Waals surface area contributed by atoms with Crippen LogP contribution in [0.15, 0.2) is 18.2 Å². The normalized spacial score (nSPS) is 15.9. The van der Waals surface area contributed by atoms with Gasteiger partial charge in [0.05, 0.1) is 21.6 Å². The smallest absolute Gasteiger partial charge is 0.227 e. The molecule has 2 aromatic rings. The number of piperazine rings is 1. The van der Waals surface area contributed by atoms with E-state index < -0.39 is 0 Å². The average molecular weight is 275 g/mol. The predicted molar refractivity (Wildman–Crippen MR) is 77.5 cm³/mol. The second kappa shape index (κ2) is 5.27. The molecule has 1 aliphatic heterocycles. The molecule has 1 fully saturated rings. The zero-order chi connectivity index (χ0) is 13.2. The van der Waals surface area contributed by atoms with Crippen LogP contribution in [-0.2, 0) is 11.2 Å². The molecular weight excluding hydrogens is 258 g/mol. The van der Waals surface area contributed by atoms with Crippen molar-refractivity contribution in [2.45, 2.75) is 13.3 Å². The molecule has 0 bridgehead atoms. The van der Waals surface area contributed by atoms with Crippen LogP contribution in [0.1, 0.15) is 10.6 Å². The number of amides is 1. The zero-order valence-electron chi connectivity index (χ0n) is 11.0. The minimum atomic E-state index is 0.216. The molecule has 100 valence electrons. The number of carbonyl (C=O) groups is 1. The number of thiazole rings is 1. The van der Waals surface area contributed by atoms with E-state index in [4.69, 9.17) is 0 Å². The summed E-state index contributed by atoms with van der Waals surface area (Å²) in [6.07, 6.45) is 0.479. The van der Waals surface area contributed by atoms with E-state index in [2.05, 4.69) is 16.4 Å². The van der Waals surface area contributed by atoms with Gasteiger partial charge in [-0.1, -0.05) is 6.07 Å². The number of hydrogen-bond donors (Lipinski definition) is 1. The first-order chi connectivity index (χ1) is 9.22.